The van der Waals surface area contributed by atoms with E-state index in [1.807, 2.05) is 42.5 Å². The summed E-state index contributed by atoms with van der Waals surface area (Å²) in [6.07, 6.45) is 0. The van der Waals surface area contributed by atoms with Crippen LogP contribution in [0.2, 0.25) is 5.02 Å². The number of nitrogens with one attached hydrogen (secondary N) is 2. The lowest BCUT2D eigenvalue weighted by Crippen LogP contribution is -2.19. The van der Waals surface area contributed by atoms with Gasteiger partial charge in [-0.05, 0) is 54.7 Å². The molecule has 0 aliphatic carbocycles. The third-order valence-corrected chi connectivity index (χ3v) is 3.82. The number of anilines is 2. The van der Waals surface area contributed by atoms with Crippen molar-refractivity contribution in [3.8, 4) is 0 Å². The van der Waals surface area contributed by atoms with E-state index in [0.717, 1.165) is 20.3 Å². The minimum Gasteiger partial charge on any atom is -0.332 e. The molecule has 2 nitrogen and oxygen atoms in total. The van der Waals surface area contributed by atoms with Crippen molar-refractivity contribution in [1.29, 1.82) is 0 Å². The number of benzene rings is 2. The van der Waals surface area contributed by atoms with Gasteiger partial charge in [0.2, 0.25) is 0 Å². The van der Waals surface area contributed by atoms with Crippen molar-refractivity contribution in [2.24, 2.45) is 0 Å². The maximum atomic E-state index is 6.11. The first-order valence-corrected chi connectivity index (χ1v) is 7.70. The summed E-state index contributed by atoms with van der Waals surface area (Å²) in [7, 11) is 0. The predicted molar refractivity (Wildman–Crippen MR) is 93.1 cm³/mol. The topological polar surface area (TPSA) is 24.1 Å². The summed E-state index contributed by atoms with van der Waals surface area (Å²) >= 11 is 18.1. The highest BCUT2D eigenvalue weighted by Gasteiger charge is 2.03. The second-order valence-electron chi connectivity index (χ2n) is 3.71. The summed E-state index contributed by atoms with van der Waals surface area (Å²) < 4.78 is 1.95. The smallest absolute Gasteiger partial charge is 0.175 e. The molecule has 2 aromatic rings. The average Bonchev–Trinajstić information content (AvgIpc) is 2.36. The predicted octanol–water partition coefficient (Wildman–Crippen LogP) is 5.67. The van der Waals surface area contributed by atoms with E-state index in [4.69, 9.17) is 23.8 Å². The molecule has 0 saturated carbocycles. The van der Waals surface area contributed by atoms with Crippen molar-refractivity contribution in [3.63, 3.8) is 0 Å². The molecular weight excluding hydrogens is 411 g/mol. The Bertz CT molecular complexity index is 602. The van der Waals surface area contributed by atoms with Crippen LogP contribution < -0.4 is 10.6 Å². The number of hydrogen-bond donors (Lipinski definition) is 2. The van der Waals surface area contributed by atoms with Gasteiger partial charge in [-0.1, -0.05) is 43.5 Å². The van der Waals surface area contributed by atoms with Crippen LogP contribution in [0.3, 0.4) is 0 Å². The van der Waals surface area contributed by atoms with E-state index in [1.54, 1.807) is 0 Å². The number of rotatable bonds is 2. The van der Waals surface area contributed by atoms with Crippen LogP contribution in [0.25, 0.3) is 0 Å². The molecular formula is C13H9Br2ClN2S. The lowest BCUT2D eigenvalue weighted by Gasteiger charge is -2.12. The minimum atomic E-state index is 0.492. The molecule has 19 heavy (non-hydrogen) atoms. The molecule has 0 amide bonds. The van der Waals surface area contributed by atoms with Gasteiger partial charge in [-0.25, -0.2) is 0 Å². The van der Waals surface area contributed by atoms with Crippen LogP contribution in [0, 0.1) is 0 Å². The molecule has 0 aliphatic heterocycles. The van der Waals surface area contributed by atoms with Crippen LogP contribution in [0.5, 0.6) is 0 Å². The molecule has 98 valence electrons. The average molecular weight is 421 g/mol. The summed E-state index contributed by atoms with van der Waals surface area (Å²) in [4.78, 5) is 0. The van der Waals surface area contributed by atoms with E-state index in [2.05, 4.69) is 42.5 Å². The maximum absolute atomic E-state index is 6.11. The zero-order valence-corrected chi connectivity index (χ0v) is 14.3. The first kappa shape index (κ1) is 14.8. The number of hydrogen-bond acceptors (Lipinski definition) is 1. The Morgan fingerprint density at radius 1 is 0.947 bits per heavy atom. The Morgan fingerprint density at radius 2 is 1.58 bits per heavy atom. The van der Waals surface area contributed by atoms with Gasteiger partial charge >= 0.3 is 0 Å². The molecule has 0 heterocycles. The van der Waals surface area contributed by atoms with Crippen molar-refractivity contribution in [2.75, 3.05) is 10.6 Å². The van der Waals surface area contributed by atoms with Gasteiger partial charge in [0.05, 0.1) is 10.7 Å². The van der Waals surface area contributed by atoms with E-state index in [-0.39, 0.29) is 0 Å². The molecule has 0 unspecified atom stereocenters. The lowest BCUT2D eigenvalue weighted by molar-refractivity contribution is 1.57. The Kier molecular flexibility index (Phi) is 5.21. The lowest BCUT2D eigenvalue weighted by atomic mass is 10.3. The third kappa shape index (κ3) is 4.45. The summed E-state index contributed by atoms with van der Waals surface area (Å²) in [6.45, 7) is 0. The summed E-state index contributed by atoms with van der Waals surface area (Å²) in [5.74, 6) is 0. The number of halogens is 3. The SMILES string of the molecule is S=C(Nc1ccc(Br)cc1)Nc1ccc(Br)cc1Cl. The van der Waals surface area contributed by atoms with Gasteiger partial charge < -0.3 is 10.6 Å². The third-order valence-electron chi connectivity index (χ3n) is 2.28. The molecule has 0 bridgehead atoms. The fraction of sp³-hybridized carbons (Fsp3) is 0. The largest absolute Gasteiger partial charge is 0.332 e. The molecule has 0 aliphatic rings. The number of thiocarbonyl (C=S) groups is 1. The minimum absolute atomic E-state index is 0.492. The summed E-state index contributed by atoms with van der Waals surface area (Å²) in [6, 6.07) is 13.3. The van der Waals surface area contributed by atoms with E-state index >= 15 is 0 Å². The van der Waals surface area contributed by atoms with E-state index in [9.17, 15) is 0 Å². The Labute approximate surface area is 138 Å². The maximum Gasteiger partial charge on any atom is 0.175 e. The molecule has 2 rings (SSSR count). The zero-order valence-electron chi connectivity index (χ0n) is 9.58. The molecule has 2 aromatic carbocycles. The monoisotopic (exact) mass is 418 g/mol. The van der Waals surface area contributed by atoms with Gasteiger partial charge in [0.15, 0.2) is 5.11 Å². The van der Waals surface area contributed by atoms with Crippen LogP contribution in [-0.2, 0) is 0 Å². The Balaban J connectivity index is 2.03. The van der Waals surface area contributed by atoms with Gasteiger partial charge in [0, 0.05) is 14.6 Å². The van der Waals surface area contributed by atoms with Crippen LogP contribution in [0.15, 0.2) is 51.4 Å². The van der Waals surface area contributed by atoms with Crippen LogP contribution in [-0.4, -0.2) is 5.11 Å². The summed E-state index contributed by atoms with van der Waals surface area (Å²) in [5, 5.41) is 7.24. The van der Waals surface area contributed by atoms with Gasteiger partial charge in [-0.15, -0.1) is 0 Å². The second kappa shape index (κ2) is 6.70. The van der Waals surface area contributed by atoms with Crippen LogP contribution in [0.1, 0.15) is 0 Å². The fourth-order valence-corrected chi connectivity index (χ4v) is 2.62. The van der Waals surface area contributed by atoms with Gasteiger partial charge in [0.1, 0.15) is 0 Å². The van der Waals surface area contributed by atoms with Crippen molar-refractivity contribution in [3.05, 3.63) is 56.4 Å². The van der Waals surface area contributed by atoms with Crippen molar-refractivity contribution >= 4 is 72.2 Å². The highest BCUT2D eigenvalue weighted by atomic mass is 79.9. The van der Waals surface area contributed by atoms with Gasteiger partial charge in [-0.2, -0.15) is 0 Å². The molecule has 6 heteroatoms. The molecule has 0 saturated heterocycles. The molecule has 0 radical (unpaired) electrons. The summed E-state index contributed by atoms with van der Waals surface area (Å²) in [5.41, 5.74) is 1.67. The van der Waals surface area contributed by atoms with Gasteiger partial charge in [0.25, 0.3) is 0 Å². The fourth-order valence-electron chi connectivity index (χ4n) is 1.41. The van der Waals surface area contributed by atoms with Crippen LogP contribution in [0.4, 0.5) is 11.4 Å². The highest BCUT2D eigenvalue weighted by Crippen LogP contribution is 2.25. The van der Waals surface area contributed by atoms with Crippen LogP contribution >= 0.6 is 55.7 Å². The molecule has 0 spiro atoms. The molecule has 2 N–H and O–H groups in total. The normalized spacial score (nSPS) is 10.1. The van der Waals surface area contributed by atoms with Crippen molar-refractivity contribution in [2.45, 2.75) is 0 Å². The second-order valence-corrected chi connectivity index (χ2v) is 6.36. The van der Waals surface area contributed by atoms with E-state index in [1.165, 1.54) is 0 Å². The highest BCUT2D eigenvalue weighted by molar-refractivity contribution is 9.10. The molecule has 0 aromatic heterocycles. The zero-order chi connectivity index (χ0) is 13.8. The molecule has 0 atom stereocenters. The molecule has 0 fully saturated rings. The first-order chi connectivity index (χ1) is 9.04. The Morgan fingerprint density at radius 3 is 2.21 bits per heavy atom. The van der Waals surface area contributed by atoms with E-state index in [0.29, 0.717) is 10.1 Å². The Hall–Kier alpha value is -0.620. The first-order valence-electron chi connectivity index (χ1n) is 5.33. The van der Waals surface area contributed by atoms with Crippen molar-refractivity contribution in [1.82, 2.24) is 0 Å². The standard InChI is InChI=1S/C13H9Br2ClN2S/c14-8-1-4-10(5-2-8)17-13(19)18-12-6-3-9(15)7-11(12)16/h1-7H,(H2,17,18,19). The van der Waals surface area contributed by atoms with Crippen molar-refractivity contribution < 1.29 is 0 Å². The van der Waals surface area contributed by atoms with Gasteiger partial charge in [-0.3, -0.25) is 0 Å². The quantitative estimate of drug-likeness (QED) is 0.612. The van der Waals surface area contributed by atoms with E-state index < -0.39 is 0 Å².